The van der Waals surface area contributed by atoms with Gasteiger partial charge in [0.1, 0.15) is 17.6 Å². The van der Waals surface area contributed by atoms with Crippen LogP contribution in [0.4, 0.5) is 0 Å². The molecule has 2 aromatic carbocycles. The van der Waals surface area contributed by atoms with Crippen LogP contribution in [0.15, 0.2) is 36.4 Å². The summed E-state index contributed by atoms with van der Waals surface area (Å²) in [5.74, 6) is 0.704. The summed E-state index contributed by atoms with van der Waals surface area (Å²) in [6.07, 6.45) is 4.09. The first-order valence-electron chi connectivity index (χ1n) is 9.62. The largest absolute Gasteiger partial charge is 0.493 e. The van der Waals surface area contributed by atoms with Gasteiger partial charge in [0, 0.05) is 23.1 Å². The quantitative estimate of drug-likeness (QED) is 0.495. The SMILES string of the molecule is CCOc1cc2c(cc1/C=C/C(=O)c1ccc(OCC(=O)O)c(OC)c1)O[C@H](C)C2. The van der Waals surface area contributed by atoms with E-state index in [0.717, 1.165) is 23.3 Å². The van der Waals surface area contributed by atoms with Gasteiger partial charge < -0.3 is 24.1 Å². The molecule has 0 spiro atoms. The predicted octanol–water partition coefficient (Wildman–Crippen LogP) is 3.78. The van der Waals surface area contributed by atoms with Crippen molar-refractivity contribution in [1.29, 1.82) is 0 Å². The van der Waals surface area contributed by atoms with Crippen molar-refractivity contribution >= 4 is 17.8 Å². The van der Waals surface area contributed by atoms with Crippen molar-refractivity contribution in [3.05, 3.63) is 53.1 Å². The zero-order valence-electron chi connectivity index (χ0n) is 17.1. The summed E-state index contributed by atoms with van der Waals surface area (Å²) in [6, 6.07) is 8.43. The molecule has 1 aliphatic heterocycles. The van der Waals surface area contributed by atoms with Crippen molar-refractivity contribution in [2.24, 2.45) is 0 Å². The molecule has 1 heterocycles. The van der Waals surface area contributed by atoms with E-state index in [1.54, 1.807) is 12.1 Å². The normalized spacial score (nSPS) is 14.8. The van der Waals surface area contributed by atoms with Gasteiger partial charge in [0.2, 0.25) is 0 Å². The van der Waals surface area contributed by atoms with Gasteiger partial charge in [-0.3, -0.25) is 4.79 Å². The Hall–Kier alpha value is -3.48. The maximum Gasteiger partial charge on any atom is 0.341 e. The van der Waals surface area contributed by atoms with Crippen LogP contribution in [-0.4, -0.2) is 43.3 Å². The Morgan fingerprint density at radius 1 is 1.17 bits per heavy atom. The van der Waals surface area contributed by atoms with Gasteiger partial charge in [-0.15, -0.1) is 0 Å². The molecule has 1 aliphatic rings. The number of carbonyl (C=O) groups is 2. The van der Waals surface area contributed by atoms with E-state index < -0.39 is 12.6 Å². The molecular formula is C23H24O7. The molecular weight excluding hydrogens is 388 g/mol. The number of carboxylic acids is 1. The zero-order valence-corrected chi connectivity index (χ0v) is 17.1. The average Bonchev–Trinajstić information content (AvgIpc) is 3.09. The summed E-state index contributed by atoms with van der Waals surface area (Å²) in [4.78, 5) is 23.4. The fourth-order valence-corrected chi connectivity index (χ4v) is 3.21. The average molecular weight is 412 g/mol. The third kappa shape index (κ3) is 4.92. The lowest BCUT2D eigenvalue weighted by Crippen LogP contribution is -2.10. The van der Waals surface area contributed by atoms with Gasteiger partial charge in [-0.05, 0) is 56.3 Å². The van der Waals surface area contributed by atoms with Crippen LogP contribution in [0.5, 0.6) is 23.0 Å². The van der Waals surface area contributed by atoms with Crippen LogP contribution in [0.2, 0.25) is 0 Å². The van der Waals surface area contributed by atoms with E-state index in [1.807, 2.05) is 26.0 Å². The Balaban J connectivity index is 1.82. The fourth-order valence-electron chi connectivity index (χ4n) is 3.21. The number of allylic oxidation sites excluding steroid dienone is 1. The molecule has 0 bridgehead atoms. The third-order valence-corrected chi connectivity index (χ3v) is 4.54. The molecule has 7 nitrogen and oxygen atoms in total. The Labute approximate surface area is 174 Å². The smallest absolute Gasteiger partial charge is 0.341 e. The van der Waals surface area contributed by atoms with Crippen LogP contribution >= 0.6 is 0 Å². The number of fused-ring (bicyclic) bond motifs is 1. The molecule has 0 saturated carbocycles. The summed E-state index contributed by atoms with van der Waals surface area (Å²) in [7, 11) is 1.42. The number of methoxy groups -OCH3 is 1. The van der Waals surface area contributed by atoms with E-state index >= 15 is 0 Å². The van der Waals surface area contributed by atoms with Gasteiger partial charge in [-0.2, -0.15) is 0 Å². The first-order valence-corrected chi connectivity index (χ1v) is 9.62. The molecule has 0 unspecified atom stereocenters. The zero-order chi connectivity index (χ0) is 21.7. The van der Waals surface area contributed by atoms with Gasteiger partial charge in [0.05, 0.1) is 13.7 Å². The molecule has 158 valence electrons. The second-order valence-electron chi connectivity index (χ2n) is 6.81. The van der Waals surface area contributed by atoms with Gasteiger partial charge in [0.15, 0.2) is 23.9 Å². The number of carboxylic acid groups (broad SMARTS) is 1. The van der Waals surface area contributed by atoms with E-state index in [1.165, 1.54) is 25.3 Å². The van der Waals surface area contributed by atoms with Crippen molar-refractivity contribution in [3.8, 4) is 23.0 Å². The molecule has 7 heteroatoms. The van der Waals surface area contributed by atoms with E-state index in [-0.39, 0.29) is 23.4 Å². The van der Waals surface area contributed by atoms with E-state index in [0.29, 0.717) is 17.9 Å². The molecule has 3 rings (SSSR count). The molecule has 0 saturated heterocycles. The van der Waals surface area contributed by atoms with Gasteiger partial charge in [-0.25, -0.2) is 4.79 Å². The van der Waals surface area contributed by atoms with E-state index in [4.69, 9.17) is 24.1 Å². The van der Waals surface area contributed by atoms with Crippen LogP contribution in [0.25, 0.3) is 6.08 Å². The van der Waals surface area contributed by atoms with Gasteiger partial charge >= 0.3 is 5.97 Å². The molecule has 1 N–H and O–H groups in total. The highest BCUT2D eigenvalue weighted by atomic mass is 16.5. The lowest BCUT2D eigenvalue weighted by molar-refractivity contribution is -0.139. The van der Waals surface area contributed by atoms with Crippen LogP contribution in [0.3, 0.4) is 0 Å². The monoisotopic (exact) mass is 412 g/mol. The lowest BCUT2D eigenvalue weighted by Gasteiger charge is -2.11. The van der Waals surface area contributed by atoms with Crippen molar-refractivity contribution in [2.75, 3.05) is 20.3 Å². The first-order chi connectivity index (χ1) is 14.4. The molecule has 0 aromatic heterocycles. The minimum absolute atomic E-state index is 0.115. The highest BCUT2D eigenvalue weighted by Gasteiger charge is 2.21. The molecule has 2 aromatic rings. The summed E-state index contributed by atoms with van der Waals surface area (Å²) >= 11 is 0. The van der Waals surface area contributed by atoms with Crippen molar-refractivity contribution in [2.45, 2.75) is 26.4 Å². The van der Waals surface area contributed by atoms with Crippen LogP contribution < -0.4 is 18.9 Å². The van der Waals surface area contributed by atoms with Gasteiger partial charge in [0.25, 0.3) is 0 Å². The Morgan fingerprint density at radius 2 is 1.97 bits per heavy atom. The first kappa shape index (κ1) is 21.2. The van der Waals surface area contributed by atoms with Crippen molar-refractivity contribution < 1.29 is 33.6 Å². The Morgan fingerprint density at radius 3 is 2.67 bits per heavy atom. The molecule has 1 atom stereocenters. The van der Waals surface area contributed by atoms with E-state index in [2.05, 4.69) is 0 Å². The van der Waals surface area contributed by atoms with Gasteiger partial charge in [-0.1, -0.05) is 0 Å². The number of carbonyl (C=O) groups excluding carboxylic acids is 1. The van der Waals surface area contributed by atoms with Crippen molar-refractivity contribution in [1.82, 2.24) is 0 Å². The number of hydrogen-bond acceptors (Lipinski definition) is 6. The standard InChI is InChI=1S/C23H24O7/c1-4-28-20-12-17-9-14(2)30-21(17)11-16(20)5-7-18(24)15-6-8-19(22(10-15)27-3)29-13-23(25)26/h5-8,10-12,14H,4,9,13H2,1-3H3,(H,25,26)/b7-5+/t14-/m1/s1. The number of aliphatic carboxylic acids is 1. The molecule has 0 fully saturated rings. The van der Waals surface area contributed by atoms with Crippen LogP contribution in [-0.2, 0) is 11.2 Å². The third-order valence-electron chi connectivity index (χ3n) is 4.54. The molecule has 0 aliphatic carbocycles. The summed E-state index contributed by atoms with van der Waals surface area (Å²) < 4.78 is 21.9. The van der Waals surface area contributed by atoms with E-state index in [9.17, 15) is 9.59 Å². The number of ketones is 1. The summed E-state index contributed by atoms with van der Waals surface area (Å²) in [5.41, 5.74) is 2.23. The number of ether oxygens (including phenoxy) is 4. The Bertz CT molecular complexity index is 978. The minimum Gasteiger partial charge on any atom is -0.493 e. The summed E-state index contributed by atoms with van der Waals surface area (Å²) in [5, 5.41) is 8.74. The number of benzene rings is 2. The Kier molecular flexibility index (Phi) is 6.61. The maximum absolute atomic E-state index is 12.7. The molecule has 0 amide bonds. The molecule has 30 heavy (non-hydrogen) atoms. The lowest BCUT2D eigenvalue weighted by atomic mass is 10.0. The molecule has 0 radical (unpaired) electrons. The van der Waals surface area contributed by atoms with Crippen LogP contribution in [0.1, 0.15) is 35.3 Å². The fraction of sp³-hybridized carbons (Fsp3) is 0.304. The maximum atomic E-state index is 12.7. The summed E-state index contributed by atoms with van der Waals surface area (Å²) in [6.45, 7) is 3.93. The predicted molar refractivity (Wildman–Crippen MR) is 111 cm³/mol. The number of hydrogen-bond donors (Lipinski definition) is 1. The topological polar surface area (TPSA) is 91.3 Å². The van der Waals surface area contributed by atoms with Crippen molar-refractivity contribution in [3.63, 3.8) is 0 Å². The second kappa shape index (κ2) is 9.35. The minimum atomic E-state index is -1.10. The van der Waals surface area contributed by atoms with Crippen LogP contribution in [0, 0.1) is 0 Å². The highest BCUT2D eigenvalue weighted by molar-refractivity contribution is 6.07. The highest BCUT2D eigenvalue weighted by Crippen LogP contribution is 2.36. The second-order valence-corrected chi connectivity index (χ2v) is 6.81. The number of rotatable bonds is 9.